The molecule has 1 amide bonds. The van der Waals surface area contributed by atoms with E-state index >= 15 is 0 Å². The largest absolute Gasteiger partial charge is 0.462 e. The van der Waals surface area contributed by atoms with Crippen molar-refractivity contribution >= 4 is 45.1 Å². The first-order valence-electron chi connectivity index (χ1n) is 14.9. The molecule has 5 rings (SSSR count). The van der Waals surface area contributed by atoms with Crippen LogP contribution < -0.4 is 5.32 Å². The number of rotatable bonds is 8. The fraction of sp³-hybridized carbons (Fsp3) is 0.500. The van der Waals surface area contributed by atoms with E-state index in [1.807, 2.05) is 24.3 Å². The zero-order chi connectivity index (χ0) is 28.9. The van der Waals surface area contributed by atoms with E-state index in [4.69, 9.17) is 14.5 Å². The van der Waals surface area contributed by atoms with Crippen LogP contribution in [0.15, 0.2) is 24.3 Å². The van der Waals surface area contributed by atoms with E-state index in [0.29, 0.717) is 22.7 Å². The SMILES string of the molecule is CCCN1CCc2nc3ccccc3c(C(=O)OC(C)C(=O)Nc3sc4c(c3C(=O)OCC)CCCCCC4)c2C1. The number of pyridine rings is 1. The van der Waals surface area contributed by atoms with Gasteiger partial charge in [-0.15, -0.1) is 11.3 Å². The molecule has 2 aromatic heterocycles. The highest BCUT2D eigenvalue weighted by atomic mass is 32.1. The van der Waals surface area contributed by atoms with Crippen molar-refractivity contribution in [2.75, 3.05) is 25.0 Å². The highest BCUT2D eigenvalue weighted by Crippen LogP contribution is 2.38. The molecule has 1 aliphatic heterocycles. The summed E-state index contributed by atoms with van der Waals surface area (Å²) in [4.78, 5) is 48.4. The molecule has 3 aromatic rings. The van der Waals surface area contributed by atoms with Gasteiger partial charge in [0.15, 0.2) is 6.10 Å². The lowest BCUT2D eigenvalue weighted by molar-refractivity contribution is -0.123. The molecule has 1 N–H and O–H groups in total. The second-order valence-corrected chi connectivity index (χ2v) is 11.9. The van der Waals surface area contributed by atoms with Crippen LogP contribution in [-0.4, -0.2) is 53.5 Å². The normalized spacial score (nSPS) is 16.2. The molecule has 41 heavy (non-hydrogen) atoms. The zero-order valence-corrected chi connectivity index (χ0v) is 25.0. The third kappa shape index (κ3) is 6.31. The summed E-state index contributed by atoms with van der Waals surface area (Å²) in [5.74, 6) is -1.43. The quantitative estimate of drug-likeness (QED) is 0.324. The van der Waals surface area contributed by atoms with Crippen LogP contribution >= 0.6 is 11.3 Å². The molecule has 8 nitrogen and oxygen atoms in total. The summed E-state index contributed by atoms with van der Waals surface area (Å²) in [7, 11) is 0. The number of thiophene rings is 1. The molecule has 218 valence electrons. The van der Waals surface area contributed by atoms with Crippen molar-refractivity contribution in [3.63, 3.8) is 0 Å². The lowest BCUT2D eigenvalue weighted by atomic mass is 9.95. The molecule has 0 bridgehead atoms. The molecule has 1 atom stereocenters. The summed E-state index contributed by atoms with van der Waals surface area (Å²) >= 11 is 1.44. The number of fused-ring (bicyclic) bond motifs is 3. The number of carbonyl (C=O) groups is 3. The summed E-state index contributed by atoms with van der Waals surface area (Å²) in [6, 6.07) is 7.58. The van der Waals surface area contributed by atoms with Crippen LogP contribution in [-0.2, 0) is 40.1 Å². The average molecular weight is 578 g/mol. The smallest absolute Gasteiger partial charge is 0.341 e. The van der Waals surface area contributed by atoms with E-state index in [2.05, 4.69) is 17.1 Å². The standard InChI is InChI=1S/C32H39N3O5S/c1-4-17-35-18-16-25-23(19-35)27(21-12-10-11-14-24(21)33-25)32(38)40-20(3)29(36)34-30-28(31(37)39-5-2)22-13-8-6-7-9-15-26(22)41-30/h10-12,14,20H,4-9,13,15-19H2,1-3H3,(H,34,36). The Balaban J connectivity index is 1.40. The number of aromatic nitrogens is 1. The lowest BCUT2D eigenvalue weighted by Gasteiger charge is -2.29. The minimum atomic E-state index is -1.07. The van der Waals surface area contributed by atoms with Crippen LogP contribution in [0, 0.1) is 0 Å². The van der Waals surface area contributed by atoms with E-state index in [0.717, 1.165) is 97.1 Å². The number of hydrogen-bond acceptors (Lipinski definition) is 8. The maximum atomic E-state index is 13.7. The number of carbonyl (C=O) groups excluding carboxylic acids is 3. The number of nitrogens with one attached hydrogen (secondary N) is 1. The van der Waals surface area contributed by atoms with Crippen molar-refractivity contribution in [2.24, 2.45) is 0 Å². The summed E-state index contributed by atoms with van der Waals surface area (Å²) < 4.78 is 11.2. The Kier molecular flexibility index (Phi) is 9.35. The highest BCUT2D eigenvalue weighted by Gasteiger charge is 2.31. The number of para-hydroxylation sites is 1. The van der Waals surface area contributed by atoms with Gasteiger partial charge in [-0.25, -0.2) is 9.59 Å². The summed E-state index contributed by atoms with van der Waals surface area (Å²) in [6.45, 7) is 8.20. The molecule has 0 spiro atoms. The number of nitrogens with zero attached hydrogens (tertiary/aromatic N) is 2. The van der Waals surface area contributed by atoms with Crippen molar-refractivity contribution in [1.82, 2.24) is 9.88 Å². The maximum Gasteiger partial charge on any atom is 0.341 e. The number of anilines is 1. The third-order valence-corrected chi connectivity index (χ3v) is 9.12. The topological polar surface area (TPSA) is 97.8 Å². The van der Waals surface area contributed by atoms with E-state index in [1.54, 1.807) is 13.8 Å². The molecule has 9 heteroatoms. The Morgan fingerprint density at radius 3 is 2.56 bits per heavy atom. The van der Waals surface area contributed by atoms with Gasteiger partial charge >= 0.3 is 11.9 Å². The van der Waals surface area contributed by atoms with E-state index < -0.39 is 23.9 Å². The molecule has 0 saturated heterocycles. The first kappa shape index (κ1) is 29.2. The minimum Gasteiger partial charge on any atom is -0.462 e. The summed E-state index contributed by atoms with van der Waals surface area (Å²) in [5.41, 5.74) is 4.45. The van der Waals surface area contributed by atoms with Crippen LogP contribution in [0.4, 0.5) is 5.00 Å². The monoisotopic (exact) mass is 577 g/mol. The molecule has 2 aliphatic rings. The van der Waals surface area contributed by atoms with Crippen molar-refractivity contribution in [3.05, 3.63) is 57.1 Å². The van der Waals surface area contributed by atoms with Crippen molar-refractivity contribution in [3.8, 4) is 0 Å². The Morgan fingerprint density at radius 2 is 1.78 bits per heavy atom. The molecule has 3 heterocycles. The van der Waals surface area contributed by atoms with Gasteiger partial charge in [0.1, 0.15) is 5.00 Å². The zero-order valence-electron chi connectivity index (χ0n) is 24.2. The van der Waals surface area contributed by atoms with Crippen molar-refractivity contribution in [1.29, 1.82) is 0 Å². The van der Waals surface area contributed by atoms with Crippen LogP contribution in [0.5, 0.6) is 0 Å². The predicted molar refractivity (Wildman–Crippen MR) is 161 cm³/mol. The number of benzene rings is 1. The van der Waals surface area contributed by atoms with E-state index in [-0.39, 0.29) is 6.61 Å². The molecule has 0 radical (unpaired) electrons. The predicted octanol–water partition coefficient (Wildman–Crippen LogP) is 6.08. The molecule has 1 unspecified atom stereocenters. The number of hydrogen-bond donors (Lipinski definition) is 1. The number of esters is 2. The fourth-order valence-electron chi connectivity index (χ4n) is 5.90. The van der Waals surface area contributed by atoms with Gasteiger partial charge in [0, 0.05) is 41.0 Å². The number of amides is 1. The van der Waals surface area contributed by atoms with Gasteiger partial charge in [-0.1, -0.05) is 38.0 Å². The van der Waals surface area contributed by atoms with Crippen molar-refractivity contribution < 1.29 is 23.9 Å². The van der Waals surface area contributed by atoms with E-state index in [1.165, 1.54) is 11.3 Å². The van der Waals surface area contributed by atoms with Gasteiger partial charge in [0.25, 0.3) is 5.91 Å². The Hall–Kier alpha value is -3.30. The molecule has 0 saturated carbocycles. The van der Waals surface area contributed by atoms with Gasteiger partial charge in [-0.3, -0.25) is 14.7 Å². The lowest BCUT2D eigenvalue weighted by Crippen LogP contribution is -2.34. The van der Waals surface area contributed by atoms with Crippen LogP contribution in [0.2, 0.25) is 0 Å². The summed E-state index contributed by atoms with van der Waals surface area (Å²) in [6.07, 6.45) is 6.70. The van der Waals surface area contributed by atoms with E-state index in [9.17, 15) is 14.4 Å². The number of ether oxygens (including phenoxy) is 2. The second-order valence-electron chi connectivity index (χ2n) is 10.8. The Labute approximate surface area is 245 Å². The fourth-order valence-corrected chi connectivity index (χ4v) is 7.18. The Bertz CT molecular complexity index is 1450. The average Bonchev–Trinajstić information content (AvgIpc) is 3.27. The third-order valence-electron chi connectivity index (χ3n) is 7.91. The van der Waals surface area contributed by atoms with Crippen LogP contribution in [0.1, 0.15) is 95.3 Å². The van der Waals surface area contributed by atoms with Crippen molar-refractivity contribution in [2.45, 2.75) is 84.8 Å². The first-order valence-corrected chi connectivity index (χ1v) is 15.7. The first-order chi connectivity index (χ1) is 19.9. The van der Waals surface area contributed by atoms with Crippen LogP contribution in [0.3, 0.4) is 0 Å². The minimum absolute atomic E-state index is 0.255. The Morgan fingerprint density at radius 1 is 1.00 bits per heavy atom. The molecular formula is C32H39N3O5S. The van der Waals surface area contributed by atoms with Gasteiger partial charge in [0.2, 0.25) is 0 Å². The van der Waals surface area contributed by atoms with Gasteiger partial charge < -0.3 is 14.8 Å². The van der Waals surface area contributed by atoms with Gasteiger partial charge in [0.05, 0.1) is 23.3 Å². The molecule has 1 aliphatic carbocycles. The van der Waals surface area contributed by atoms with Gasteiger partial charge in [-0.05, 0) is 64.1 Å². The molecule has 0 fully saturated rings. The molecular weight excluding hydrogens is 538 g/mol. The second kappa shape index (κ2) is 13.1. The molecule has 1 aromatic carbocycles. The van der Waals surface area contributed by atoms with Gasteiger partial charge in [-0.2, -0.15) is 0 Å². The highest BCUT2D eigenvalue weighted by molar-refractivity contribution is 7.17. The summed E-state index contributed by atoms with van der Waals surface area (Å²) in [5, 5.41) is 4.11. The maximum absolute atomic E-state index is 13.7. The van der Waals surface area contributed by atoms with Crippen LogP contribution in [0.25, 0.3) is 10.9 Å². The number of aryl methyl sites for hydroxylation is 1.